The highest BCUT2D eigenvalue weighted by molar-refractivity contribution is 6.03. The van der Waals surface area contributed by atoms with E-state index in [1.807, 2.05) is 0 Å². The van der Waals surface area contributed by atoms with Crippen molar-refractivity contribution in [2.75, 3.05) is 13.2 Å². The van der Waals surface area contributed by atoms with Crippen molar-refractivity contribution in [2.24, 2.45) is 11.8 Å². The van der Waals surface area contributed by atoms with E-state index in [0.717, 1.165) is 13.2 Å². The number of fused-ring (bicyclic) bond motifs is 1. The molecule has 0 bridgehead atoms. The largest absolute Gasteiger partial charge is 0.448 e. The number of hydrogen-bond donors (Lipinski definition) is 2. The molecule has 2 N–H and O–H groups in total. The van der Waals surface area contributed by atoms with Crippen LogP contribution in [0.4, 0.5) is 0 Å². The monoisotopic (exact) mass is 196 g/mol. The standard InChI is InChI=1S/C9H12N2O3/c10-8-11-7(12)9(14-8)1-5-3-13-4-6(5)2-9/h5-6H,1-4H2,(H2,10,11,12)/t5-,6+,9?. The minimum Gasteiger partial charge on any atom is -0.448 e. The van der Waals surface area contributed by atoms with E-state index in [0.29, 0.717) is 24.7 Å². The molecule has 0 aromatic heterocycles. The van der Waals surface area contributed by atoms with E-state index in [2.05, 4.69) is 5.32 Å². The molecule has 1 aliphatic carbocycles. The summed E-state index contributed by atoms with van der Waals surface area (Å²) in [6, 6.07) is -0.101. The zero-order valence-corrected chi connectivity index (χ0v) is 7.71. The van der Waals surface area contributed by atoms with Gasteiger partial charge in [0.2, 0.25) is 0 Å². The quantitative estimate of drug-likeness (QED) is 0.566. The van der Waals surface area contributed by atoms with Gasteiger partial charge in [-0.1, -0.05) is 0 Å². The van der Waals surface area contributed by atoms with Crippen LogP contribution < -0.4 is 5.32 Å². The molecule has 1 saturated carbocycles. The van der Waals surface area contributed by atoms with E-state index < -0.39 is 5.60 Å². The molecule has 0 aromatic carbocycles. The van der Waals surface area contributed by atoms with Crippen LogP contribution in [-0.2, 0) is 14.3 Å². The Kier molecular flexibility index (Phi) is 1.45. The number of carbonyl (C=O) groups excluding carboxylic acids is 1. The summed E-state index contributed by atoms with van der Waals surface area (Å²) in [5, 5.41) is 9.71. The molecule has 3 aliphatic rings. The lowest BCUT2D eigenvalue weighted by atomic mass is 10.00. The Morgan fingerprint density at radius 1 is 1.36 bits per heavy atom. The normalized spacial score (nSPS) is 45.4. The summed E-state index contributed by atoms with van der Waals surface area (Å²) in [6.07, 6.45) is 1.40. The Hall–Kier alpha value is -1.10. The van der Waals surface area contributed by atoms with E-state index in [9.17, 15) is 4.79 Å². The van der Waals surface area contributed by atoms with E-state index in [-0.39, 0.29) is 11.9 Å². The van der Waals surface area contributed by atoms with Crippen LogP contribution in [0.3, 0.4) is 0 Å². The summed E-state index contributed by atoms with van der Waals surface area (Å²) in [6.45, 7) is 1.47. The van der Waals surface area contributed by atoms with E-state index >= 15 is 0 Å². The minimum atomic E-state index is -0.740. The van der Waals surface area contributed by atoms with E-state index in [1.165, 1.54) is 0 Å². The van der Waals surface area contributed by atoms with Gasteiger partial charge in [0.1, 0.15) is 0 Å². The number of carbonyl (C=O) groups is 1. The third-order valence-electron chi connectivity index (χ3n) is 3.45. The van der Waals surface area contributed by atoms with Crippen LogP contribution in [0.1, 0.15) is 12.8 Å². The van der Waals surface area contributed by atoms with Crippen LogP contribution in [0.15, 0.2) is 0 Å². The summed E-state index contributed by atoms with van der Waals surface area (Å²) < 4.78 is 10.7. The van der Waals surface area contributed by atoms with Crippen LogP contribution in [-0.4, -0.2) is 30.7 Å². The lowest BCUT2D eigenvalue weighted by Gasteiger charge is -2.19. The first kappa shape index (κ1) is 8.23. The molecule has 2 heterocycles. The molecular formula is C9H12N2O3. The number of nitrogens with one attached hydrogen (secondary N) is 2. The average Bonchev–Trinajstić information content (AvgIpc) is 2.67. The SMILES string of the molecule is N=C1NC(=O)C2(C[C@H]3COC[C@H]3C2)O1. The Morgan fingerprint density at radius 2 is 2.00 bits per heavy atom. The molecule has 1 unspecified atom stereocenters. The minimum absolute atomic E-state index is 0.101. The van der Waals surface area contributed by atoms with Crippen LogP contribution >= 0.6 is 0 Å². The third-order valence-corrected chi connectivity index (χ3v) is 3.45. The molecule has 2 aliphatic heterocycles. The van der Waals surface area contributed by atoms with Gasteiger partial charge < -0.3 is 9.47 Å². The average molecular weight is 196 g/mol. The molecule has 14 heavy (non-hydrogen) atoms. The Labute approximate surface area is 81.3 Å². The fraction of sp³-hybridized carbons (Fsp3) is 0.778. The first-order valence-electron chi connectivity index (χ1n) is 4.86. The second-order valence-corrected chi connectivity index (χ2v) is 4.35. The highest BCUT2D eigenvalue weighted by Gasteiger charge is 2.57. The molecule has 5 nitrogen and oxygen atoms in total. The summed E-state index contributed by atoms with van der Waals surface area (Å²) in [4.78, 5) is 11.6. The molecule has 3 rings (SSSR count). The van der Waals surface area contributed by atoms with Gasteiger partial charge in [0, 0.05) is 26.1 Å². The van der Waals surface area contributed by atoms with Crippen LogP contribution in [0.25, 0.3) is 0 Å². The van der Waals surface area contributed by atoms with Crippen molar-refractivity contribution >= 4 is 11.9 Å². The summed E-state index contributed by atoms with van der Waals surface area (Å²) in [5.74, 6) is 0.732. The van der Waals surface area contributed by atoms with Gasteiger partial charge in [0.05, 0.1) is 0 Å². The Bertz CT molecular complexity index is 303. The van der Waals surface area contributed by atoms with Gasteiger partial charge in [-0.25, -0.2) is 0 Å². The zero-order chi connectivity index (χ0) is 9.76. The van der Waals surface area contributed by atoms with Gasteiger partial charge in [0.25, 0.3) is 11.9 Å². The van der Waals surface area contributed by atoms with Crippen molar-refractivity contribution in [1.82, 2.24) is 5.32 Å². The van der Waals surface area contributed by atoms with Gasteiger partial charge in [0.15, 0.2) is 5.60 Å². The maximum Gasteiger partial charge on any atom is 0.289 e. The molecule has 76 valence electrons. The summed E-state index contributed by atoms with van der Waals surface area (Å²) in [5.41, 5.74) is -0.740. The first-order chi connectivity index (χ1) is 6.70. The molecule has 0 radical (unpaired) electrons. The second-order valence-electron chi connectivity index (χ2n) is 4.35. The molecule has 1 amide bonds. The lowest BCUT2D eigenvalue weighted by molar-refractivity contribution is -0.131. The maximum absolute atomic E-state index is 11.6. The van der Waals surface area contributed by atoms with Crippen LogP contribution in [0, 0.1) is 17.2 Å². The summed E-state index contributed by atoms with van der Waals surface area (Å²) >= 11 is 0. The fourth-order valence-electron chi connectivity index (χ4n) is 2.78. The van der Waals surface area contributed by atoms with Crippen LogP contribution in [0.2, 0.25) is 0 Å². The molecular weight excluding hydrogens is 184 g/mol. The van der Waals surface area contributed by atoms with Gasteiger partial charge in [-0.05, 0) is 11.8 Å². The fourth-order valence-corrected chi connectivity index (χ4v) is 2.78. The van der Waals surface area contributed by atoms with E-state index in [4.69, 9.17) is 14.9 Å². The second kappa shape index (κ2) is 2.48. The molecule has 3 atom stereocenters. The van der Waals surface area contributed by atoms with Crippen molar-refractivity contribution in [3.8, 4) is 0 Å². The number of ether oxygens (including phenoxy) is 2. The van der Waals surface area contributed by atoms with E-state index in [1.54, 1.807) is 0 Å². The van der Waals surface area contributed by atoms with Gasteiger partial charge in [-0.2, -0.15) is 0 Å². The molecule has 0 aromatic rings. The number of rotatable bonds is 0. The van der Waals surface area contributed by atoms with Gasteiger partial charge in [-0.15, -0.1) is 0 Å². The number of amidine groups is 1. The molecule has 2 saturated heterocycles. The smallest absolute Gasteiger partial charge is 0.289 e. The molecule has 3 fully saturated rings. The summed E-state index contributed by atoms with van der Waals surface area (Å²) in [7, 11) is 0. The molecule has 5 heteroatoms. The predicted molar refractivity (Wildman–Crippen MR) is 46.7 cm³/mol. The number of hydrogen-bond acceptors (Lipinski definition) is 4. The maximum atomic E-state index is 11.6. The van der Waals surface area contributed by atoms with Crippen molar-refractivity contribution in [2.45, 2.75) is 18.4 Å². The highest BCUT2D eigenvalue weighted by Crippen LogP contribution is 2.46. The van der Waals surface area contributed by atoms with Crippen molar-refractivity contribution < 1.29 is 14.3 Å². The lowest BCUT2D eigenvalue weighted by Crippen LogP contribution is -2.37. The molecule has 1 spiro atoms. The Morgan fingerprint density at radius 3 is 2.50 bits per heavy atom. The van der Waals surface area contributed by atoms with Crippen molar-refractivity contribution in [1.29, 1.82) is 5.41 Å². The topological polar surface area (TPSA) is 71.4 Å². The predicted octanol–water partition coefficient (Wildman–Crippen LogP) is -0.137. The van der Waals surface area contributed by atoms with Crippen molar-refractivity contribution in [3.05, 3.63) is 0 Å². The highest BCUT2D eigenvalue weighted by atomic mass is 16.5. The van der Waals surface area contributed by atoms with Crippen LogP contribution in [0.5, 0.6) is 0 Å². The van der Waals surface area contributed by atoms with Gasteiger partial charge >= 0.3 is 0 Å². The first-order valence-corrected chi connectivity index (χ1v) is 4.86. The number of amides is 1. The van der Waals surface area contributed by atoms with Gasteiger partial charge in [-0.3, -0.25) is 15.5 Å². The zero-order valence-electron chi connectivity index (χ0n) is 7.71. The third kappa shape index (κ3) is 0.930. The Balaban J connectivity index is 1.86. The van der Waals surface area contributed by atoms with Crippen molar-refractivity contribution in [3.63, 3.8) is 0 Å².